The van der Waals surface area contributed by atoms with Crippen LogP contribution in [0.5, 0.6) is 0 Å². The molecule has 0 aliphatic carbocycles. The number of nitrogens with zero attached hydrogens (tertiary/aromatic N) is 5. The van der Waals surface area contributed by atoms with Crippen LogP contribution >= 0.6 is 0 Å². The van der Waals surface area contributed by atoms with Crippen LogP contribution in [0.3, 0.4) is 0 Å². The number of aryl methyl sites for hydroxylation is 1. The van der Waals surface area contributed by atoms with E-state index in [1.54, 1.807) is 30.8 Å². The fraction of sp³-hybridized carbons (Fsp3) is 0.368. The van der Waals surface area contributed by atoms with Crippen molar-refractivity contribution in [1.29, 1.82) is 5.26 Å². The first-order valence-electron chi connectivity index (χ1n) is 8.99. The average molecular weight is 382 g/mol. The average Bonchev–Trinajstić information content (AvgIpc) is 2.96. The summed E-state index contributed by atoms with van der Waals surface area (Å²) in [5.74, 6) is -0.321. The molecular weight excluding hydrogens is 363 g/mol. The van der Waals surface area contributed by atoms with Crippen molar-refractivity contribution in [2.24, 2.45) is 7.05 Å². The van der Waals surface area contributed by atoms with Gasteiger partial charge in [-0.1, -0.05) is 0 Å². The first kappa shape index (κ1) is 18.1. The highest BCUT2D eigenvalue weighted by atomic mass is 19.1. The van der Waals surface area contributed by atoms with E-state index in [9.17, 15) is 9.18 Å². The van der Waals surface area contributed by atoms with Gasteiger partial charge in [-0.2, -0.15) is 10.2 Å². The maximum atomic E-state index is 14.2. The Morgan fingerprint density at radius 2 is 2.11 bits per heavy atom. The minimum absolute atomic E-state index is 0.0155. The number of nitriles is 1. The van der Waals surface area contributed by atoms with E-state index in [1.165, 1.54) is 10.6 Å². The number of aromatic nitrogens is 4. The fourth-order valence-corrected chi connectivity index (χ4v) is 3.50. The Bertz CT molecular complexity index is 1150. The first-order valence-corrected chi connectivity index (χ1v) is 8.99. The third-order valence-electron chi connectivity index (χ3n) is 5.14. The van der Waals surface area contributed by atoms with Crippen molar-refractivity contribution in [3.05, 3.63) is 45.8 Å². The molecule has 0 radical (unpaired) electrons. The Hall–Kier alpha value is -3.25. The Labute approximate surface area is 160 Å². The molecule has 0 atom stereocenters. The molecule has 0 amide bonds. The van der Waals surface area contributed by atoms with E-state index in [1.807, 2.05) is 6.07 Å². The molecule has 1 saturated heterocycles. The number of nitrogens with one attached hydrogen (secondary N) is 1. The molecule has 144 valence electrons. The van der Waals surface area contributed by atoms with E-state index in [4.69, 9.17) is 10.00 Å². The second-order valence-electron chi connectivity index (χ2n) is 6.79. The van der Waals surface area contributed by atoms with Gasteiger partial charge in [0.1, 0.15) is 17.4 Å². The normalized spacial score (nSPS) is 14.9. The summed E-state index contributed by atoms with van der Waals surface area (Å²) in [6.45, 7) is 2.79. The standard InChI is InChI=1S/C19H19FN6O2/c1-11-14(4-3-12(9-21)16(11)20)23-18-22-10-15-17(24-18)26(19(27)25(15)2)13-5-7-28-8-6-13/h3-4,10,13H,5-8H2,1-2H3,(H,22,23,24). The SMILES string of the molecule is Cc1c(Nc2ncc3c(n2)n(C2CCOCC2)c(=O)n3C)ccc(C#N)c1F. The number of rotatable bonds is 3. The third-order valence-corrected chi connectivity index (χ3v) is 5.14. The van der Waals surface area contributed by atoms with E-state index < -0.39 is 5.82 Å². The van der Waals surface area contributed by atoms with Gasteiger partial charge in [0.05, 0.1) is 11.8 Å². The molecule has 0 unspecified atom stereocenters. The summed E-state index contributed by atoms with van der Waals surface area (Å²) < 4.78 is 22.8. The minimum Gasteiger partial charge on any atom is -0.381 e. The van der Waals surface area contributed by atoms with Crippen molar-refractivity contribution in [3.63, 3.8) is 0 Å². The van der Waals surface area contributed by atoms with E-state index in [2.05, 4.69) is 15.3 Å². The molecule has 1 aliphatic rings. The van der Waals surface area contributed by atoms with E-state index in [0.717, 1.165) is 12.8 Å². The summed E-state index contributed by atoms with van der Waals surface area (Å²) in [4.78, 5) is 21.5. The maximum absolute atomic E-state index is 14.2. The van der Waals surface area contributed by atoms with Crippen molar-refractivity contribution in [3.8, 4) is 6.07 Å². The fourth-order valence-electron chi connectivity index (χ4n) is 3.50. The zero-order chi connectivity index (χ0) is 19.8. The predicted molar refractivity (Wildman–Crippen MR) is 101 cm³/mol. The molecular formula is C19H19FN6O2. The minimum atomic E-state index is -0.576. The molecule has 1 aliphatic heterocycles. The van der Waals surface area contributed by atoms with Gasteiger partial charge >= 0.3 is 5.69 Å². The Morgan fingerprint density at radius 1 is 1.36 bits per heavy atom. The predicted octanol–water partition coefficient (Wildman–Crippen LogP) is 2.54. The molecule has 9 heteroatoms. The van der Waals surface area contributed by atoms with Crippen LogP contribution in [0.25, 0.3) is 11.2 Å². The maximum Gasteiger partial charge on any atom is 0.330 e. The van der Waals surface area contributed by atoms with Crippen LogP contribution in [-0.4, -0.2) is 32.3 Å². The highest BCUT2D eigenvalue weighted by Gasteiger charge is 2.23. The second-order valence-corrected chi connectivity index (χ2v) is 6.79. The topological polar surface area (TPSA) is 97.8 Å². The molecule has 1 aromatic carbocycles. The van der Waals surface area contributed by atoms with E-state index in [0.29, 0.717) is 35.6 Å². The number of fused-ring (bicyclic) bond motifs is 1. The van der Waals surface area contributed by atoms with Gasteiger partial charge in [0, 0.05) is 37.6 Å². The number of ether oxygens (including phenoxy) is 1. The zero-order valence-corrected chi connectivity index (χ0v) is 15.6. The number of imidazole rings is 1. The lowest BCUT2D eigenvalue weighted by Gasteiger charge is -2.22. The van der Waals surface area contributed by atoms with Gasteiger partial charge in [-0.15, -0.1) is 0 Å². The van der Waals surface area contributed by atoms with Gasteiger partial charge < -0.3 is 10.1 Å². The largest absolute Gasteiger partial charge is 0.381 e. The lowest BCUT2D eigenvalue weighted by molar-refractivity contribution is 0.0695. The monoisotopic (exact) mass is 382 g/mol. The first-order chi connectivity index (χ1) is 13.5. The van der Waals surface area contributed by atoms with Gasteiger partial charge in [0.25, 0.3) is 0 Å². The van der Waals surface area contributed by atoms with Crippen molar-refractivity contribution >= 4 is 22.8 Å². The summed E-state index contributed by atoms with van der Waals surface area (Å²) >= 11 is 0. The van der Waals surface area contributed by atoms with Gasteiger partial charge in [-0.25, -0.2) is 14.2 Å². The van der Waals surface area contributed by atoms with Crippen molar-refractivity contribution in [1.82, 2.24) is 19.1 Å². The number of hydrogen-bond donors (Lipinski definition) is 1. The van der Waals surface area contributed by atoms with Crippen LogP contribution in [0.2, 0.25) is 0 Å². The van der Waals surface area contributed by atoms with Crippen molar-refractivity contribution in [2.75, 3.05) is 18.5 Å². The molecule has 0 saturated carbocycles. The zero-order valence-electron chi connectivity index (χ0n) is 15.6. The molecule has 4 rings (SSSR count). The lowest BCUT2D eigenvalue weighted by Crippen LogP contribution is -2.30. The molecule has 1 N–H and O–H groups in total. The van der Waals surface area contributed by atoms with Gasteiger partial charge in [0.2, 0.25) is 5.95 Å². The van der Waals surface area contributed by atoms with E-state index >= 15 is 0 Å². The Kier molecular flexibility index (Phi) is 4.57. The summed E-state index contributed by atoms with van der Waals surface area (Å²) in [5.41, 5.74) is 1.77. The van der Waals surface area contributed by atoms with Crippen molar-refractivity contribution in [2.45, 2.75) is 25.8 Å². The molecule has 0 spiro atoms. The highest BCUT2D eigenvalue weighted by Crippen LogP contribution is 2.26. The third kappa shape index (κ3) is 2.92. The number of anilines is 2. The van der Waals surface area contributed by atoms with Crippen LogP contribution in [0.15, 0.2) is 23.1 Å². The van der Waals surface area contributed by atoms with Crippen LogP contribution in [0, 0.1) is 24.1 Å². The van der Waals surface area contributed by atoms with E-state index in [-0.39, 0.29) is 23.2 Å². The highest BCUT2D eigenvalue weighted by molar-refractivity contribution is 5.73. The van der Waals surface area contributed by atoms with Crippen LogP contribution in [0.1, 0.15) is 30.0 Å². The molecule has 3 heterocycles. The lowest BCUT2D eigenvalue weighted by atomic mass is 10.1. The molecule has 1 fully saturated rings. The summed E-state index contributed by atoms with van der Waals surface area (Å²) in [7, 11) is 1.69. The summed E-state index contributed by atoms with van der Waals surface area (Å²) in [6, 6.07) is 4.85. The number of hydrogen-bond acceptors (Lipinski definition) is 6. The van der Waals surface area contributed by atoms with Gasteiger partial charge in [-0.3, -0.25) is 9.13 Å². The molecule has 28 heavy (non-hydrogen) atoms. The van der Waals surface area contributed by atoms with Gasteiger partial charge in [0.15, 0.2) is 5.65 Å². The smallest absolute Gasteiger partial charge is 0.330 e. The number of benzene rings is 1. The van der Waals surface area contributed by atoms with Crippen LogP contribution in [-0.2, 0) is 11.8 Å². The van der Waals surface area contributed by atoms with Crippen molar-refractivity contribution < 1.29 is 9.13 Å². The number of halogens is 1. The van der Waals surface area contributed by atoms with Crippen LogP contribution in [0.4, 0.5) is 16.0 Å². The van der Waals surface area contributed by atoms with Crippen LogP contribution < -0.4 is 11.0 Å². The second kappa shape index (κ2) is 7.05. The molecule has 8 nitrogen and oxygen atoms in total. The molecule has 0 bridgehead atoms. The Balaban J connectivity index is 1.77. The molecule has 2 aromatic heterocycles. The summed E-state index contributed by atoms with van der Waals surface area (Å²) in [6.07, 6.45) is 3.06. The van der Waals surface area contributed by atoms with Gasteiger partial charge in [-0.05, 0) is 31.9 Å². The Morgan fingerprint density at radius 3 is 2.82 bits per heavy atom. The molecule has 3 aromatic rings. The summed E-state index contributed by atoms with van der Waals surface area (Å²) in [5, 5.41) is 11.9. The quantitative estimate of drug-likeness (QED) is 0.748.